The molecule has 2 saturated heterocycles. The molecule has 5 heteroatoms. The number of benzene rings is 1. The van der Waals surface area contributed by atoms with Crippen LogP contribution in [0.2, 0.25) is 0 Å². The minimum Gasteiger partial charge on any atom is -0.342 e. The monoisotopic (exact) mass is 290 g/mol. The third-order valence-electron chi connectivity index (χ3n) is 4.27. The van der Waals surface area contributed by atoms with Crippen LogP contribution in [0, 0.1) is 11.7 Å². The minimum atomic E-state index is -0.284. The van der Waals surface area contributed by atoms with Crippen LogP contribution in [0.25, 0.3) is 0 Å². The molecular formula is C16H19FN2O2. The van der Waals surface area contributed by atoms with E-state index in [0.29, 0.717) is 19.5 Å². The van der Waals surface area contributed by atoms with Gasteiger partial charge in [0.2, 0.25) is 11.8 Å². The van der Waals surface area contributed by atoms with Gasteiger partial charge in [0.1, 0.15) is 5.82 Å². The van der Waals surface area contributed by atoms with Crippen molar-refractivity contribution in [2.24, 2.45) is 5.92 Å². The summed E-state index contributed by atoms with van der Waals surface area (Å²) in [6, 6.07) is 6.14. The van der Waals surface area contributed by atoms with Crippen molar-refractivity contribution in [2.45, 2.75) is 25.8 Å². The third-order valence-corrected chi connectivity index (χ3v) is 4.27. The molecule has 1 atom stereocenters. The summed E-state index contributed by atoms with van der Waals surface area (Å²) in [5.41, 5.74) is 0.888. The molecule has 1 aromatic carbocycles. The second-order valence-corrected chi connectivity index (χ2v) is 5.83. The Hall–Kier alpha value is -1.91. The summed E-state index contributed by atoms with van der Waals surface area (Å²) >= 11 is 0. The Labute approximate surface area is 123 Å². The van der Waals surface area contributed by atoms with Crippen molar-refractivity contribution in [3.05, 3.63) is 35.6 Å². The first-order valence-electron chi connectivity index (χ1n) is 7.44. The molecule has 0 unspecified atom stereocenters. The predicted octanol–water partition coefficient (Wildman–Crippen LogP) is 1.80. The average Bonchev–Trinajstić information content (AvgIpc) is 3.11. The number of hydrogen-bond donors (Lipinski definition) is 0. The number of rotatable bonds is 3. The molecule has 2 heterocycles. The van der Waals surface area contributed by atoms with E-state index in [9.17, 15) is 14.0 Å². The maximum Gasteiger partial charge on any atom is 0.227 e. The molecule has 0 aliphatic carbocycles. The summed E-state index contributed by atoms with van der Waals surface area (Å²) in [5.74, 6) is -0.371. The van der Waals surface area contributed by atoms with Crippen molar-refractivity contribution in [1.29, 1.82) is 0 Å². The zero-order valence-corrected chi connectivity index (χ0v) is 11.9. The molecule has 0 N–H and O–H groups in total. The number of carbonyl (C=O) groups is 2. The first-order valence-corrected chi connectivity index (χ1v) is 7.44. The highest BCUT2D eigenvalue weighted by atomic mass is 19.1. The Morgan fingerprint density at radius 2 is 1.86 bits per heavy atom. The van der Waals surface area contributed by atoms with E-state index < -0.39 is 0 Å². The largest absolute Gasteiger partial charge is 0.342 e. The summed E-state index contributed by atoms with van der Waals surface area (Å²) < 4.78 is 12.9. The van der Waals surface area contributed by atoms with E-state index in [1.54, 1.807) is 17.0 Å². The molecule has 3 rings (SSSR count). The Kier molecular flexibility index (Phi) is 3.90. The van der Waals surface area contributed by atoms with E-state index in [4.69, 9.17) is 0 Å². The van der Waals surface area contributed by atoms with Crippen molar-refractivity contribution >= 4 is 11.8 Å². The molecule has 0 aromatic heterocycles. The van der Waals surface area contributed by atoms with Crippen LogP contribution in [0.15, 0.2) is 24.3 Å². The number of nitrogens with zero attached hydrogens (tertiary/aromatic N) is 2. The van der Waals surface area contributed by atoms with Gasteiger partial charge in [-0.2, -0.15) is 0 Å². The van der Waals surface area contributed by atoms with Crippen LogP contribution in [-0.2, 0) is 16.1 Å². The lowest BCUT2D eigenvalue weighted by Gasteiger charge is -2.20. The molecule has 2 fully saturated rings. The topological polar surface area (TPSA) is 40.6 Å². The highest BCUT2D eigenvalue weighted by molar-refractivity contribution is 5.89. The molecule has 1 aromatic rings. The van der Waals surface area contributed by atoms with Gasteiger partial charge in [-0.3, -0.25) is 9.59 Å². The first-order chi connectivity index (χ1) is 10.1. The van der Waals surface area contributed by atoms with E-state index in [0.717, 1.165) is 31.5 Å². The van der Waals surface area contributed by atoms with E-state index in [-0.39, 0.29) is 23.5 Å². The van der Waals surface area contributed by atoms with Crippen LogP contribution in [0.3, 0.4) is 0 Å². The summed E-state index contributed by atoms with van der Waals surface area (Å²) in [6.07, 6.45) is 2.42. The molecule has 2 aliphatic rings. The van der Waals surface area contributed by atoms with Gasteiger partial charge in [0.05, 0.1) is 5.92 Å². The number of carbonyl (C=O) groups excluding carboxylic acids is 2. The summed E-state index contributed by atoms with van der Waals surface area (Å²) in [5, 5.41) is 0. The van der Waals surface area contributed by atoms with E-state index in [1.807, 2.05) is 4.90 Å². The van der Waals surface area contributed by atoms with E-state index >= 15 is 0 Å². The molecular weight excluding hydrogens is 271 g/mol. The quantitative estimate of drug-likeness (QED) is 0.851. The predicted molar refractivity (Wildman–Crippen MR) is 75.7 cm³/mol. The van der Waals surface area contributed by atoms with E-state index in [2.05, 4.69) is 0 Å². The Balaban J connectivity index is 1.61. The average molecular weight is 290 g/mol. The van der Waals surface area contributed by atoms with Crippen LogP contribution in [-0.4, -0.2) is 41.2 Å². The van der Waals surface area contributed by atoms with Gasteiger partial charge in [-0.1, -0.05) is 12.1 Å². The Bertz CT molecular complexity index is 538. The minimum absolute atomic E-state index is 0.0110. The standard InChI is InChI=1S/C16H19FN2O2/c17-14-5-3-12(4-6-14)10-19-11-13(9-15(19)20)16(21)18-7-1-2-8-18/h3-6,13H,1-2,7-11H2/t13-/m1/s1. The van der Waals surface area contributed by atoms with Crippen LogP contribution >= 0.6 is 0 Å². The normalized spacial score (nSPS) is 22.1. The summed E-state index contributed by atoms with van der Waals surface area (Å²) in [4.78, 5) is 28.0. The van der Waals surface area contributed by atoms with Crippen molar-refractivity contribution in [3.8, 4) is 0 Å². The maximum absolute atomic E-state index is 12.9. The zero-order chi connectivity index (χ0) is 14.8. The molecule has 21 heavy (non-hydrogen) atoms. The number of likely N-dealkylation sites (tertiary alicyclic amines) is 2. The molecule has 2 aliphatic heterocycles. The van der Waals surface area contributed by atoms with Crippen molar-refractivity contribution in [2.75, 3.05) is 19.6 Å². The Morgan fingerprint density at radius 3 is 2.52 bits per heavy atom. The second-order valence-electron chi connectivity index (χ2n) is 5.83. The number of amides is 2. The summed E-state index contributed by atoms with van der Waals surface area (Å²) in [7, 11) is 0. The molecule has 4 nitrogen and oxygen atoms in total. The first kappa shape index (κ1) is 14.0. The SMILES string of the molecule is O=C1C[C@@H](C(=O)N2CCCC2)CN1Cc1ccc(F)cc1. The molecule has 0 spiro atoms. The fourth-order valence-electron chi connectivity index (χ4n) is 3.10. The molecule has 2 amide bonds. The van der Waals surface area contributed by atoms with Gasteiger partial charge >= 0.3 is 0 Å². The smallest absolute Gasteiger partial charge is 0.227 e. The molecule has 112 valence electrons. The lowest BCUT2D eigenvalue weighted by molar-refractivity contribution is -0.134. The fourth-order valence-corrected chi connectivity index (χ4v) is 3.10. The number of halogens is 1. The van der Waals surface area contributed by atoms with E-state index in [1.165, 1.54) is 12.1 Å². The highest BCUT2D eigenvalue weighted by Gasteiger charge is 2.36. The van der Waals surface area contributed by atoms with Crippen LogP contribution in [0.5, 0.6) is 0 Å². The van der Waals surface area contributed by atoms with Crippen LogP contribution in [0.1, 0.15) is 24.8 Å². The van der Waals surface area contributed by atoms with Crippen molar-refractivity contribution < 1.29 is 14.0 Å². The molecule has 0 saturated carbocycles. The van der Waals surface area contributed by atoms with Gasteiger partial charge in [-0.15, -0.1) is 0 Å². The van der Waals surface area contributed by atoms with Crippen LogP contribution in [0.4, 0.5) is 4.39 Å². The van der Waals surface area contributed by atoms with Gasteiger partial charge in [-0.25, -0.2) is 4.39 Å². The second kappa shape index (κ2) is 5.84. The van der Waals surface area contributed by atoms with Crippen molar-refractivity contribution in [3.63, 3.8) is 0 Å². The lowest BCUT2D eigenvalue weighted by atomic mass is 10.1. The fraction of sp³-hybridized carbons (Fsp3) is 0.500. The van der Waals surface area contributed by atoms with Gasteiger partial charge < -0.3 is 9.80 Å². The number of hydrogen-bond acceptors (Lipinski definition) is 2. The van der Waals surface area contributed by atoms with Crippen molar-refractivity contribution in [1.82, 2.24) is 9.80 Å². The zero-order valence-electron chi connectivity index (χ0n) is 11.9. The molecule has 0 bridgehead atoms. The lowest BCUT2D eigenvalue weighted by Crippen LogP contribution is -2.35. The van der Waals surface area contributed by atoms with Gasteiger partial charge in [0.15, 0.2) is 0 Å². The third kappa shape index (κ3) is 3.06. The molecule has 0 radical (unpaired) electrons. The summed E-state index contributed by atoms with van der Waals surface area (Å²) in [6.45, 7) is 2.57. The van der Waals surface area contributed by atoms with Gasteiger partial charge in [-0.05, 0) is 30.5 Å². The van der Waals surface area contributed by atoms with Gasteiger partial charge in [0, 0.05) is 32.6 Å². The highest BCUT2D eigenvalue weighted by Crippen LogP contribution is 2.23. The maximum atomic E-state index is 12.9. The van der Waals surface area contributed by atoms with Crippen LogP contribution < -0.4 is 0 Å². The van der Waals surface area contributed by atoms with Gasteiger partial charge in [0.25, 0.3) is 0 Å². The Morgan fingerprint density at radius 1 is 1.19 bits per heavy atom.